The molecule has 0 saturated heterocycles. The topological polar surface area (TPSA) is 74.3 Å². The summed E-state index contributed by atoms with van der Waals surface area (Å²) in [4.78, 5) is 29.4. The summed E-state index contributed by atoms with van der Waals surface area (Å²) in [6.07, 6.45) is 0. The van der Waals surface area contributed by atoms with E-state index < -0.39 is 0 Å². The largest absolute Gasteiger partial charge is 0.342 e. The van der Waals surface area contributed by atoms with Gasteiger partial charge in [0.2, 0.25) is 5.91 Å². The molecule has 0 spiro atoms. The third-order valence-electron chi connectivity index (χ3n) is 3.50. The van der Waals surface area contributed by atoms with Gasteiger partial charge in [-0.25, -0.2) is 9.78 Å². The number of urea groups is 1. The number of nitrogens with one attached hydrogen (secondary N) is 2. The molecule has 1 atom stereocenters. The lowest BCUT2D eigenvalue weighted by Gasteiger charge is -2.16. The summed E-state index contributed by atoms with van der Waals surface area (Å²) in [5, 5.41) is 8.52. The monoisotopic (exact) mass is 346 g/mol. The van der Waals surface area contributed by atoms with E-state index in [2.05, 4.69) is 15.6 Å². The molecule has 6 nitrogen and oxygen atoms in total. The first-order valence-corrected chi connectivity index (χ1v) is 8.53. The first-order chi connectivity index (χ1) is 11.3. The second-order valence-electron chi connectivity index (χ2n) is 5.72. The standard InChI is InChI=1S/C17H22N4O2S/c1-11-10-24-16(18-11)12(2)19-17(23)20-15-7-5-6-14(8-15)9-21(4)13(3)22/h5-8,10,12H,9H2,1-4H3,(H2,19,20,23)/t12-/m0/s1. The van der Waals surface area contributed by atoms with Crippen molar-refractivity contribution in [3.63, 3.8) is 0 Å². The zero-order chi connectivity index (χ0) is 17.7. The van der Waals surface area contributed by atoms with Crippen molar-refractivity contribution in [2.24, 2.45) is 0 Å². The normalized spacial score (nSPS) is 11.7. The Bertz CT molecular complexity index is 729. The van der Waals surface area contributed by atoms with Crippen molar-refractivity contribution in [1.29, 1.82) is 0 Å². The van der Waals surface area contributed by atoms with Gasteiger partial charge in [-0.15, -0.1) is 11.3 Å². The maximum absolute atomic E-state index is 12.1. The molecule has 2 aromatic rings. The average Bonchev–Trinajstić information content (AvgIpc) is 2.94. The predicted molar refractivity (Wildman–Crippen MR) is 96.0 cm³/mol. The first kappa shape index (κ1) is 17.9. The van der Waals surface area contributed by atoms with Gasteiger partial charge in [0.1, 0.15) is 5.01 Å². The van der Waals surface area contributed by atoms with Gasteiger partial charge in [-0.3, -0.25) is 4.79 Å². The minimum absolute atomic E-state index is 0.00123. The number of rotatable bonds is 5. The molecule has 2 N–H and O–H groups in total. The molecule has 1 aromatic carbocycles. The molecular weight excluding hydrogens is 324 g/mol. The number of thiazole rings is 1. The molecule has 0 aliphatic carbocycles. The van der Waals surface area contributed by atoms with Crippen molar-refractivity contribution in [2.45, 2.75) is 33.4 Å². The number of hydrogen-bond donors (Lipinski definition) is 2. The number of amides is 3. The Kier molecular flexibility index (Phi) is 5.92. The number of nitrogens with zero attached hydrogens (tertiary/aromatic N) is 2. The fourth-order valence-electron chi connectivity index (χ4n) is 2.13. The van der Waals surface area contributed by atoms with Gasteiger partial charge in [-0.2, -0.15) is 0 Å². The quantitative estimate of drug-likeness (QED) is 0.872. The smallest absolute Gasteiger partial charge is 0.319 e. The summed E-state index contributed by atoms with van der Waals surface area (Å²) >= 11 is 1.53. The van der Waals surface area contributed by atoms with Gasteiger partial charge in [-0.1, -0.05) is 12.1 Å². The van der Waals surface area contributed by atoms with Gasteiger partial charge in [-0.05, 0) is 31.5 Å². The molecule has 24 heavy (non-hydrogen) atoms. The van der Waals surface area contributed by atoms with E-state index in [1.165, 1.54) is 18.3 Å². The molecule has 0 aliphatic rings. The Morgan fingerprint density at radius 2 is 2.12 bits per heavy atom. The fourth-order valence-corrected chi connectivity index (χ4v) is 2.93. The van der Waals surface area contributed by atoms with Crippen LogP contribution in [-0.2, 0) is 11.3 Å². The maximum Gasteiger partial charge on any atom is 0.319 e. The van der Waals surface area contributed by atoms with E-state index >= 15 is 0 Å². The molecule has 3 amide bonds. The van der Waals surface area contributed by atoms with Gasteiger partial charge in [0.05, 0.1) is 6.04 Å². The number of benzene rings is 1. The summed E-state index contributed by atoms with van der Waals surface area (Å²) in [5.74, 6) is -0.00123. The summed E-state index contributed by atoms with van der Waals surface area (Å²) in [6.45, 7) is 5.85. The van der Waals surface area contributed by atoms with E-state index in [1.807, 2.05) is 43.5 Å². The van der Waals surface area contributed by atoms with Crippen LogP contribution in [0, 0.1) is 6.92 Å². The predicted octanol–water partition coefficient (Wildman–Crippen LogP) is 3.31. The van der Waals surface area contributed by atoms with Gasteiger partial charge in [0.25, 0.3) is 0 Å². The van der Waals surface area contributed by atoms with Gasteiger partial charge in [0.15, 0.2) is 0 Å². The number of aryl methyl sites for hydroxylation is 1. The highest BCUT2D eigenvalue weighted by atomic mass is 32.1. The van der Waals surface area contributed by atoms with Crippen LogP contribution in [0.3, 0.4) is 0 Å². The zero-order valence-electron chi connectivity index (χ0n) is 14.3. The molecule has 1 aromatic heterocycles. The Labute approximate surface area is 145 Å². The maximum atomic E-state index is 12.1. The lowest BCUT2D eigenvalue weighted by Crippen LogP contribution is -2.31. The molecule has 2 rings (SSSR count). The molecule has 128 valence electrons. The first-order valence-electron chi connectivity index (χ1n) is 7.65. The van der Waals surface area contributed by atoms with E-state index in [0.717, 1.165) is 16.3 Å². The fraction of sp³-hybridized carbons (Fsp3) is 0.353. The van der Waals surface area contributed by atoms with Crippen LogP contribution in [-0.4, -0.2) is 28.9 Å². The van der Waals surface area contributed by atoms with E-state index in [0.29, 0.717) is 12.2 Å². The van der Waals surface area contributed by atoms with Crippen LogP contribution < -0.4 is 10.6 Å². The average molecular weight is 346 g/mol. The van der Waals surface area contributed by atoms with E-state index in [1.54, 1.807) is 11.9 Å². The molecule has 0 saturated carbocycles. The minimum atomic E-state index is -0.285. The minimum Gasteiger partial charge on any atom is -0.342 e. The van der Waals surface area contributed by atoms with Gasteiger partial charge < -0.3 is 15.5 Å². The van der Waals surface area contributed by atoms with Gasteiger partial charge >= 0.3 is 6.03 Å². The number of carbonyl (C=O) groups is 2. The van der Waals surface area contributed by atoms with Crippen LogP contribution in [0.5, 0.6) is 0 Å². The Morgan fingerprint density at radius 1 is 1.38 bits per heavy atom. The number of hydrogen-bond acceptors (Lipinski definition) is 4. The van der Waals surface area contributed by atoms with Crippen LogP contribution in [0.1, 0.15) is 36.2 Å². The van der Waals surface area contributed by atoms with Crippen molar-refractivity contribution in [2.75, 3.05) is 12.4 Å². The molecule has 1 heterocycles. The molecule has 0 radical (unpaired) electrons. The van der Waals surface area contributed by atoms with Crippen molar-refractivity contribution >= 4 is 29.0 Å². The highest BCUT2D eigenvalue weighted by Crippen LogP contribution is 2.18. The van der Waals surface area contributed by atoms with Gasteiger partial charge in [0, 0.05) is 37.3 Å². The van der Waals surface area contributed by atoms with Crippen LogP contribution in [0.2, 0.25) is 0 Å². The lowest BCUT2D eigenvalue weighted by atomic mass is 10.2. The number of carbonyl (C=O) groups excluding carboxylic acids is 2. The lowest BCUT2D eigenvalue weighted by molar-refractivity contribution is -0.128. The second-order valence-corrected chi connectivity index (χ2v) is 6.61. The zero-order valence-corrected chi connectivity index (χ0v) is 15.1. The summed E-state index contributed by atoms with van der Waals surface area (Å²) in [6, 6.07) is 7.01. The molecule has 0 fully saturated rings. The SMILES string of the molecule is CC(=O)N(C)Cc1cccc(NC(=O)N[C@@H](C)c2nc(C)cs2)c1. The highest BCUT2D eigenvalue weighted by Gasteiger charge is 2.13. The van der Waals surface area contributed by atoms with Crippen LogP contribution in [0.4, 0.5) is 10.5 Å². The Balaban J connectivity index is 1.95. The van der Waals surface area contributed by atoms with Crippen molar-refractivity contribution in [3.8, 4) is 0 Å². The molecule has 0 unspecified atom stereocenters. The molecule has 7 heteroatoms. The molecule has 0 aliphatic heterocycles. The third-order valence-corrected chi connectivity index (χ3v) is 4.64. The number of anilines is 1. The Morgan fingerprint density at radius 3 is 2.75 bits per heavy atom. The Hall–Kier alpha value is -2.41. The molecule has 0 bridgehead atoms. The highest BCUT2D eigenvalue weighted by molar-refractivity contribution is 7.09. The number of aromatic nitrogens is 1. The van der Waals surface area contributed by atoms with Crippen molar-refractivity contribution < 1.29 is 9.59 Å². The van der Waals surface area contributed by atoms with Crippen LogP contribution >= 0.6 is 11.3 Å². The van der Waals surface area contributed by atoms with Crippen LogP contribution in [0.15, 0.2) is 29.6 Å². The third kappa shape index (κ3) is 5.06. The molecular formula is C17H22N4O2S. The van der Waals surface area contributed by atoms with E-state index in [4.69, 9.17) is 0 Å². The van der Waals surface area contributed by atoms with Crippen molar-refractivity contribution in [1.82, 2.24) is 15.2 Å². The summed E-state index contributed by atoms with van der Waals surface area (Å²) in [5.41, 5.74) is 2.59. The second kappa shape index (κ2) is 7.92. The summed E-state index contributed by atoms with van der Waals surface area (Å²) in [7, 11) is 1.74. The summed E-state index contributed by atoms with van der Waals surface area (Å²) < 4.78 is 0. The van der Waals surface area contributed by atoms with E-state index in [-0.39, 0.29) is 18.0 Å². The van der Waals surface area contributed by atoms with Crippen molar-refractivity contribution in [3.05, 3.63) is 45.9 Å². The van der Waals surface area contributed by atoms with Crippen LogP contribution in [0.25, 0.3) is 0 Å². The van der Waals surface area contributed by atoms with E-state index in [9.17, 15) is 9.59 Å².